The van der Waals surface area contributed by atoms with Gasteiger partial charge in [0, 0.05) is 37.3 Å². The highest BCUT2D eigenvalue weighted by Gasteiger charge is 2.20. The summed E-state index contributed by atoms with van der Waals surface area (Å²) < 4.78 is 0. The minimum Gasteiger partial charge on any atom is -0.348 e. The van der Waals surface area contributed by atoms with Gasteiger partial charge < -0.3 is 10.2 Å². The average Bonchev–Trinajstić information content (AvgIpc) is 2.79. The minimum atomic E-state index is -0.0840. The number of nitrogens with zero attached hydrogens (tertiary/aromatic N) is 2. The molecule has 2 fully saturated rings. The molecule has 0 aromatic heterocycles. The normalized spacial score (nSPS) is 17.7. The molecule has 5 nitrogen and oxygen atoms in total. The number of carbonyl (C=O) groups is 2. The van der Waals surface area contributed by atoms with Gasteiger partial charge in [0.1, 0.15) is 0 Å². The third-order valence-electron chi connectivity index (χ3n) is 6.17. The van der Waals surface area contributed by atoms with Crippen LogP contribution in [0, 0.1) is 0 Å². The summed E-state index contributed by atoms with van der Waals surface area (Å²) in [5.41, 5.74) is 3.96. The number of hydrogen-bond acceptors (Lipinski definition) is 3. The number of hydrogen-bond donors (Lipinski definition) is 1. The second-order valence-electron chi connectivity index (χ2n) is 8.34. The first-order chi connectivity index (χ1) is 14.7. The monoisotopic (exact) mass is 405 g/mol. The van der Waals surface area contributed by atoms with Crippen LogP contribution >= 0.6 is 0 Å². The molecule has 0 spiro atoms. The maximum Gasteiger partial charge on any atom is 0.251 e. The summed E-state index contributed by atoms with van der Waals surface area (Å²) in [6, 6.07) is 15.8. The maximum atomic E-state index is 12.7. The Balaban J connectivity index is 1.36. The fourth-order valence-electron chi connectivity index (χ4n) is 4.39. The molecule has 4 rings (SSSR count). The summed E-state index contributed by atoms with van der Waals surface area (Å²) in [4.78, 5) is 29.1. The summed E-state index contributed by atoms with van der Waals surface area (Å²) in [6.45, 7) is 4.55. The molecule has 2 aliphatic heterocycles. The molecule has 2 aromatic rings. The van der Waals surface area contributed by atoms with Crippen LogP contribution in [-0.2, 0) is 17.9 Å². The van der Waals surface area contributed by atoms with Crippen LogP contribution in [-0.4, -0.2) is 36.3 Å². The molecular weight excluding hydrogens is 374 g/mol. The van der Waals surface area contributed by atoms with E-state index in [4.69, 9.17) is 0 Å². The second-order valence-corrected chi connectivity index (χ2v) is 8.34. The Morgan fingerprint density at radius 1 is 0.833 bits per heavy atom. The Bertz CT molecular complexity index is 872. The average molecular weight is 406 g/mol. The van der Waals surface area contributed by atoms with E-state index in [9.17, 15) is 9.59 Å². The summed E-state index contributed by atoms with van der Waals surface area (Å²) >= 11 is 0. The molecule has 0 bridgehead atoms. The Morgan fingerprint density at radius 3 is 2.27 bits per heavy atom. The molecule has 30 heavy (non-hydrogen) atoms. The lowest BCUT2D eigenvalue weighted by Gasteiger charge is -2.27. The number of amides is 2. The zero-order valence-electron chi connectivity index (χ0n) is 17.6. The molecule has 0 saturated carbocycles. The van der Waals surface area contributed by atoms with E-state index < -0.39 is 0 Å². The summed E-state index contributed by atoms with van der Waals surface area (Å²) in [5, 5.41) is 3.06. The molecule has 0 atom stereocenters. The fraction of sp³-hybridized carbons (Fsp3) is 0.440. The maximum absolute atomic E-state index is 12.7. The van der Waals surface area contributed by atoms with Gasteiger partial charge in [-0.05, 0) is 74.2 Å². The lowest BCUT2D eigenvalue weighted by atomic mass is 10.0. The van der Waals surface area contributed by atoms with Crippen LogP contribution in [0.3, 0.4) is 0 Å². The number of piperidine rings is 2. The third kappa shape index (κ3) is 5.08. The first kappa shape index (κ1) is 20.6. The second kappa shape index (κ2) is 9.90. The highest BCUT2D eigenvalue weighted by atomic mass is 16.2. The number of likely N-dealkylation sites (tertiary alicyclic amines) is 1. The molecule has 0 radical (unpaired) electrons. The van der Waals surface area contributed by atoms with Crippen molar-refractivity contribution in [3.8, 4) is 0 Å². The molecule has 2 aromatic carbocycles. The van der Waals surface area contributed by atoms with E-state index in [0.29, 0.717) is 18.5 Å². The number of benzene rings is 2. The fourth-order valence-corrected chi connectivity index (χ4v) is 4.39. The van der Waals surface area contributed by atoms with Crippen LogP contribution in [0.4, 0.5) is 5.69 Å². The first-order valence-electron chi connectivity index (χ1n) is 11.2. The quantitative estimate of drug-likeness (QED) is 0.787. The van der Waals surface area contributed by atoms with Gasteiger partial charge >= 0.3 is 0 Å². The zero-order valence-corrected chi connectivity index (χ0v) is 17.6. The lowest BCUT2D eigenvalue weighted by Crippen LogP contribution is -2.35. The number of rotatable bonds is 6. The highest BCUT2D eigenvalue weighted by molar-refractivity contribution is 5.96. The summed E-state index contributed by atoms with van der Waals surface area (Å²) in [6.07, 6.45) is 6.49. The van der Waals surface area contributed by atoms with Crippen molar-refractivity contribution in [2.45, 2.75) is 51.6 Å². The van der Waals surface area contributed by atoms with Gasteiger partial charge in [-0.1, -0.05) is 30.7 Å². The van der Waals surface area contributed by atoms with Gasteiger partial charge in [0.15, 0.2) is 0 Å². The standard InChI is InChI=1S/C25H31N3O2/c29-24-10-4-7-17-28(24)23-13-11-20(12-14-23)25(30)26-18-21-8-2-3-9-22(21)19-27-15-5-1-6-16-27/h2-3,8-9,11-14H,1,4-7,10,15-19H2,(H,26,30). The molecular formula is C25H31N3O2. The number of nitrogens with one attached hydrogen (secondary N) is 1. The highest BCUT2D eigenvalue weighted by Crippen LogP contribution is 2.21. The summed E-state index contributed by atoms with van der Waals surface area (Å²) in [7, 11) is 0. The molecule has 158 valence electrons. The molecule has 2 heterocycles. The number of anilines is 1. The van der Waals surface area contributed by atoms with Gasteiger partial charge in [0.05, 0.1) is 0 Å². The van der Waals surface area contributed by atoms with E-state index >= 15 is 0 Å². The van der Waals surface area contributed by atoms with E-state index in [-0.39, 0.29) is 11.8 Å². The van der Waals surface area contributed by atoms with Crippen molar-refractivity contribution < 1.29 is 9.59 Å². The van der Waals surface area contributed by atoms with Crippen LogP contribution in [0.15, 0.2) is 48.5 Å². The predicted octanol–water partition coefficient (Wildman–Crippen LogP) is 4.12. The van der Waals surface area contributed by atoms with Gasteiger partial charge in [0.2, 0.25) is 5.91 Å². The van der Waals surface area contributed by atoms with Crippen molar-refractivity contribution >= 4 is 17.5 Å². The van der Waals surface area contributed by atoms with Gasteiger partial charge in [-0.15, -0.1) is 0 Å². The largest absolute Gasteiger partial charge is 0.348 e. The number of carbonyl (C=O) groups excluding carboxylic acids is 2. The molecule has 2 saturated heterocycles. The molecule has 0 aliphatic carbocycles. The van der Waals surface area contributed by atoms with Crippen molar-refractivity contribution in [1.82, 2.24) is 10.2 Å². The van der Waals surface area contributed by atoms with Crippen LogP contribution in [0.5, 0.6) is 0 Å². The lowest BCUT2D eigenvalue weighted by molar-refractivity contribution is -0.119. The predicted molar refractivity (Wildman–Crippen MR) is 119 cm³/mol. The Morgan fingerprint density at radius 2 is 1.53 bits per heavy atom. The molecule has 1 N–H and O–H groups in total. The smallest absolute Gasteiger partial charge is 0.251 e. The van der Waals surface area contributed by atoms with Crippen LogP contribution in [0.25, 0.3) is 0 Å². The van der Waals surface area contributed by atoms with Crippen molar-refractivity contribution in [3.63, 3.8) is 0 Å². The molecule has 2 amide bonds. The Hall–Kier alpha value is -2.66. The van der Waals surface area contributed by atoms with Gasteiger partial charge in [-0.2, -0.15) is 0 Å². The van der Waals surface area contributed by atoms with E-state index in [0.717, 1.165) is 44.7 Å². The summed E-state index contributed by atoms with van der Waals surface area (Å²) in [5.74, 6) is 0.0862. The topological polar surface area (TPSA) is 52.7 Å². The molecule has 5 heteroatoms. The van der Waals surface area contributed by atoms with Gasteiger partial charge in [-0.3, -0.25) is 14.5 Å². The minimum absolute atomic E-state index is 0.0840. The van der Waals surface area contributed by atoms with Crippen molar-refractivity contribution in [1.29, 1.82) is 0 Å². The molecule has 0 unspecified atom stereocenters. The van der Waals surface area contributed by atoms with Crippen LogP contribution < -0.4 is 10.2 Å². The van der Waals surface area contributed by atoms with E-state index in [1.165, 1.54) is 30.4 Å². The SMILES string of the molecule is O=C(NCc1ccccc1CN1CCCCC1)c1ccc(N2CCCCC2=O)cc1. The zero-order chi connectivity index (χ0) is 20.8. The first-order valence-corrected chi connectivity index (χ1v) is 11.2. The van der Waals surface area contributed by atoms with Gasteiger partial charge in [-0.25, -0.2) is 0 Å². The van der Waals surface area contributed by atoms with Crippen molar-refractivity contribution in [3.05, 3.63) is 65.2 Å². The van der Waals surface area contributed by atoms with Crippen LogP contribution in [0.2, 0.25) is 0 Å². The van der Waals surface area contributed by atoms with Crippen molar-refractivity contribution in [2.24, 2.45) is 0 Å². The van der Waals surface area contributed by atoms with Crippen molar-refractivity contribution in [2.75, 3.05) is 24.5 Å². The Labute approximate surface area is 179 Å². The van der Waals surface area contributed by atoms with E-state index in [1.54, 1.807) is 0 Å². The van der Waals surface area contributed by atoms with E-state index in [1.807, 2.05) is 35.2 Å². The van der Waals surface area contributed by atoms with Crippen LogP contribution in [0.1, 0.15) is 60.0 Å². The van der Waals surface area contributed by atoms with E-state index in [2.05, 4.69) is 28.4 Å². The Kier molecular flexibility index (Phi) is 6.80. The van der Waals surface area contributed by atoms with Gasteiger partial charge in [0.25, 0.3) is 5.91 Å². The molecule has 2 aliphatic rings. The third-order valence-corrected chi connectivity index (χ3v) is 6.17.